The Hall–Kier alpha value is -1.40. The molecule has 0 aromatic rings. The Morgan fingerprint density at radius 1 is 0.425 bits per heavy atom. The first kappa shape index (κ1) is 43.1. The second-order valence-corrected chi connectivity index (χ2v) is 13.4. The summed E-state index contributed by atoms with van der Waals surface area (Å²) >= 11 is 0. The fourth-order valence-corrected chi connectivity index (χ4v) is 4.28. The third-order valence-corrected chi connectivity index (χ3v) is 6.72. The lowest BCUT2D eigenvalue weighted by Crippen LogP contribution is -2.35. The average Bonchev–Trinajstić information content (AvgIpc) is 2.84. The molecule has 0 saturated heterocycles. The molecular formula is C34H70N2O4. The Morgan fingerprint density at radius 3 is 0.800 bits per heavy atom. The van der Waals surface area contributed by atoms with E-state index in [1.165, 1.54) is 142 Å². The molecule has 6 heteroatoms. The summed E-state index contributed by atoms with van der Waals surface area (Å²) in [5.41, 5.74) is 0. The van der Waals surface area contributed by atoms with Gasteiger partial charge in [-0.15, -0.1) is 0 Å². The van der Waals surface area contributed by atoms with Gasteiger partial charge in [-0.2, -0.15) is 0 Å². The predicted octanol–water partition coefficient (Wildman–Crippen LogP) is 6.27. The molecule has 0 aliphatic rings. The number of carbonyl (C=O) groups excluding carboxylic acids is 2. The van der Waals surface area contributed by atoms with Gasteiger partial charge in [0, 0.05) is 0 Å². The maximum Gasteiger partial charge on any atom is 0.0780 e. The molecule has 0 aliphatic carbocycles. The van der Waals surface area contributed by atoms with E-state index in [2.05, 4.69) is 56.1 Å². The number of nitrogens with zero attached hydrogens (tertiary/aromatic N) is 2. The van der Waals surface area contributed by atoms with Crippen LogP contribution in [0.5, 0.6) is 0 Å². The number of aliphatic carboxylic acids is 2. The molecule has 0 bridgehead atoms. The Bertz CT molecular complexity index is 527. The van der Waals surface area contributed by atoms with Crippen molar-refractivity contribution in [1.29, 1.82) is 0 Å². The van der Waals surface area contributed by atoms with Gasteiger partial charge in [0.15, 0.2) is 0 Å². The lowest BCUT2D eigenvalue weighted by atomic mass is 10.1. The highest BCUT2D eigenvalue weighted by Gasteiger charge is 2.05. The van der Waals surface area contributed by atoms with E-state index in [4.69, 9.17) is 0 Å². The molecule has 0 aliphatic heterocycles. The summed E-state index contributed by atoms with van der Waals surface area (Å²) in [5.74, 6) is -3.09. The second-order valence-electron chi connectivity index (χ2n) is 13.4. The summed E-state index contributed by atoms with van der Waals surface area (Å²) in [4.78, 5) is 18.8. The summed E-state index contributed by atoms with van der Waals surface area (Å²) in [6.45, 7) is 7.23. The van der Waals surface area contributed by atoms with Crippen molar-refractivity contribution in [1.82, 2.24) is 0 Å². The number of carbonyl (C=O) groups is 2. The van der Waals surface area contributed by atoms with E-state index < -0.39 is 11.9 Å². The molecule has 0 amide bonds. The summed E-state index contributed by atoms with van der Waals surface area (Å²) in [6.07, 6.45) is 29.6. The third-order valence-electron chi connectivity index (χ3n) is 6.72. The first-order valence-corrected chi connectivity index (χ1v) is 16.5. The van der Waals surface area contributed by atoms with Gasteiger partial charge in [-0.05, 0) is 37.8 Å². The van der Waals surface area contributed by atoms with Crippen LogP contribution in [0.15, 0.2) is 12.2 Å². The molecule has 240 valence electrons. The SMILES string of the molecule is CCCCCCCCCCCC[N+](C)(C)C.CCCCCCCCCCCC[N+](C)(C)C.O=C([O-])C=CC(=O)[O-]. The number of hydrogen-bond donors (Lipinski definition) is 0. The van der Waals surface area contributed by atoms with Gasteiger partial charge in [0.25, 0.3) is 0 Å². The van der Waals surface area contributed by atoms with Gasteiger partial charge < -0.3 is 28.8 Å². The first-order chi connectivity index (χ1) is 18.7. The monoisotopic (exact) mass is 571 g/mol. The van der Waals surface area contributed by atoms with Gasteiger partial charge in [0.1, 0.15) is 0 Å². The fourth-order valence-electron chi connectivity index (χ4n) is 4.28. The largest absolute Gasteiger partial charge is 0.545 e. The van der Waals surface area contributed by atoms with Gasteiger partial charge in [0.2, 0.25) is 0 Å². The zero-order valence-electron chi connectivity index (χ0n) is 28.2. The highest BCUT2D eigenvalue weighted by Crippen LogP contribution is 2.12. The van der Waals surface area contributed by atoms with Crippen LogP contribution in [0.25, 0.3) is 0 Å². The number of quaternary nitrogens is 2. The standard InChI is InChI=1S/2C15H34N.C4H4O4/c2*1-5-6-7-8-9-10-11-12-13-14-15-16(2,3)4;5-3(6)1-2-4(7)8/h2*5-15H2,1-4H3;1-2H,(H,5,6)(H,7,8)/q2*+1;/p-2. The Balaban J connectivity index is -0.000000543. The van der Waals surface area contributed by atoms with Gasteiger partial charge in [-0.1, -0.05) is 117 Å². The van der Waals surface area contributed by atoms with Crippen LogP contribution in [0.3, 0.4) is 0 Å². The summed E-state index contributed by atoms with van der Waals surface area (Å²) < 4.78 is 2.24. The van der Waals surface area contributed by atoms with Crippen molar-refractivity contribution < 1.29 is 28.8 Å². The Morgan fingerprint density at radius 2 is 0.625 bits per heavy atom. The lowest BCUT2D eigenvalue weighted by molar-refractivity contribution is -0.870. The third kappa shape index (κ3) is 52.9. The van der Waals surface area contributed by atoms with Crippen LogP contribution in [0.2, 0.25) is 0 Å². The Labute approximate surface area is 250 Å². The van der Waals surface area contributed by atoms with Gasteiger partial charge in [-0.25, -0.2) is 0 Å². The van der Waals surface area contributed by atoms with Crippen molar-refractivity contribution in [2.24, 2.45) is 0 Å². The van der Waals surface area contributed by atoms with Crippen molar-refractivity contribution in [3.8, 4) is 0 Å². The van der Waals surface area contributed by atoms with Crippen molar-refractivity contribution in [2.45, 2.75) is 142 Å². The lowest BCUT2D eigenvalue weighted by Gasteiger charge is -2.23. The highest BCUT2D eigenvalue weighted by atomic mass is 16.4. The molecule has 0 unspecified atom stereocenters. The smallest absolute Gasteiger partial charge is 0.0780 e. The second kappa shape index (κ2) is 30.6. The van der Waals surface area contributed by atoms with Crippen molar-refractivity contribution in [2.75, 3.05) is 55.4 Å². The number of carboxylic acids is 2. The molecule has 0 spiro atoms. The van der Waals surface area contributed by atoms with E-state index in [0.29, 0.717) is 12.2 Å². The quantitative estimate of drug-likeness (QED) is 0.0778. The normalized spacial score (nSPS) is 11.5. The molecule has 0 radical (unpaired) electrons. The van der Waals surface area contributed by atoms with E-state index in [-0.39, 0.29) is 0 Å². The average molecular weight is 571 g/mol. The fraction of sp³-hybridized carbons (Fsp3) is 0.882. The van der Waals surface area contributed by atoms with Crippen molar-refractivity contribution in [3.63, 3.8) is 0 Å². The molecule has 0 saturated carbocycles. The van der Waals surface area contributed by atoms with Crippen LogP contribution in [0.4, 0.5) is 0 Å². The van der Waals surface area contributed by atoms with E-state index in [0.717, 1.165) is 8.97 Å². The van der Waals surface area contributed by atoms with Crippen LogP contribution < -0.4 is 10.2 Å². The van der Waals surface area contributed by atoms with Gasteiger partial charge in [-0.3, -0.25) is 0 Å². The number of hydrogen-bond acceptors (Lipinski definition) is 4. The van der Waals surface area contributed by atoms with Gasteiger partial charge >= 0.3 is 0 Å². The summed E-state index contributed by atoms with van der Waals surface area (Å²) in [6, 6.07) is 0. The van der Waals surface area contributed by atoms with Crippen LogP contribution >= 0.6 is 0 Å². The van der Waals surface area contributed by atoms with Crippen molar-refractivity contribution >= 4 is 11.9 Å². The molecule has 6 nitrogen and oxygen atoms in total. The van der Waals surface area contributed by atoms with Gasteiger partial charge in [0.05, 0.1) is 67.3 Å². The first-order valence-electron chi connectivity index (χ1n) is 16.5. The maximum absolute atomic E-state index is 9.41. The van der Waals surface area contributed by atoms with Crippen molar-refractivity contribution in [3.05, 3.63) is 12.2 Å². The topological polar surface area (TPSA) is 80.3 Å². The minimum atomic E-state index is -1.55. The zero-order chi connectivity index (χ0) is 31.1. The molecule has 0 fully saturated rings. The van der Waals surface area contributed by atoms with E-state index in [1.807, 2.05) is 0 Å². The van der Waals surface area contributed by atoms with Crippen LogP contribution in [0.1, 0.15) is 142 Å². The highest BCUT2D eigenvalue weighted by molar-refractivity contribution is 5.87. The molecular weight excluding hydrogens is 500 g/mol. The van der Waals surface area contributed by atoms with Crippen LogP contribution in [-0.4, -0.2) is 76.3 Å². The zero-order valence-corrected chi connectivity index (χ0v) is 28.2. The summed E-state index contributed by atoms with van der Waals surface area (Å²) in [5, 5.41) is 18.8. The molecule has 0 aromatic heterocycles. The predicted molar refractivity (Wildman–Crippen MR) is 169 cm³/mol. The van der Waals surface area contributed by atoms with E-state index >= 15 is 0 Å². The molecule has 40 heavy (non-hydrogen) atoms. The van der Waals surface area contributed by atoms with E-state index in [1.54, 1.807) is 0 Å². The van der Waals surface area contributed by atoms with Crippen LogP contribution in [0, 0.1) is 0 Å². The molecule has 0 heterocycles. The molecule has 0 N–H and O–H groups in total. The molecule has 0 atom stereocenters. The Kier molecular flexibility index (Phi) is 32.9. The van der Waals surface area contributed by atoms with E-state index in [9.17, 15) is 19.8 Å². The molecule has 0 rings (SSSR count). The maximum atomic E-state index is 9.41. The minimum Gasteiger partial charge on any atom is -0.545 e. The molecule has 0 aromatic carbocycles. The number of unbranched alkanes of at least 4 members (excludes halogenated alkanes) is 18. The number of carboxylic acid groups (broad SMARTS) is 2. The van der Waals surface area contributed by atoms with Crippen LogP contribution in [-0.2, 0) is 9.59 Å². The number of rotatable bonds is 24. The minimum absolute atomic E-state index is 0.384. The summed E-state index contributed by atoms with van der Waals surface area (Å²) in [7, 11) is 13.7.